The molecule has 0 heterocycles. The van der Waals surface area contributed by atoms with Crippen molar-refractivity contribution in [3.8, 4) is 0 Å². The van der Waals surface area contributed by atoms with Crippen LogP contribution in [0.15, 0.2) is 18.2 Å². The predicted octanol–water partition coefficient (Wildman–Crippen LogP) is 3.78. The van der Waals surface area contributed by atoms with Gasteiger partial charge in [0, 0.05) is 18.1 Å². The molecule has 0 spiro atoms. The zero-order chi connectivity index (χ0) is 13.9. The van der Waals surface area contributed by atoms with Crippen molar-refractivity contribution in [2.75, 3.05) is 13.2 Å². The molecule has 0 aromatic heterocycles. The van der Waals surface area contributed by atoms with E-state index >= 15 is 0 Å². The lowest BCUT2D eigenvalue weighted by Gasteiger charge is -2.47. The molecule has 1 saturated carbocycles. The van der Waals surface area contributed by atoms with Crippen LogP contribution in [0.5, 0.6) is 0 Å². The van der Waals surface area contributed by atoms with Crippen LogP contribution in [0.1, 0.15) is 38.2 Å². The Morgan fingerprint density at radius 1 is 1.32 bits per heavy atom. The van der Waals surface area contributed by atoms with E-state index in [9.17, 15) is 0 Å². The number of aliphatic hydroxyl groups is 1. The summed E-state index contributed by atoms with van der Waals surface area (Å²) in [5.74, 6) is 0. The van der Waals surface area contributed by atoms with E-state index < -0.39 is 0 Å². The first kappa shape index (κ1) is 15.1. The molecule has 1 unspecified atom stereocenters. The third-order valence-electron chi connectivity index (χ3n) is 4.35. The summed E-state index contributed by atoms with van der Waals surface area (Å²) >= 11 is 12.1. The topological polar surface area (TPSA) is 32.3 Å². The van der Waals surface area contributed by atoms with Crippen LogP contribution >= 0.6 is 23.2 Å². The molecule has 1 fully saturated rings. The molecule has 106 valence electrons. The van der Waals surface area contributed by atoms with Crippen molar-refractivity contribution < 1.29 is 5.11 Å². The first-order chi connectivity index (χ1) is 9.10. The lowest BCUT2D eigenvalue weighted by molar-refractivity contribution is 0.176. The van der Waals surface area contributed by atoms with Crippen LogP contribution < -0.4 is 5.32 Å². The van der Waals surface area contributed by atoms with Crippen molar-refractivity contribution in [1.82, 2.24) is 5.32 Å². The van der Waals surface area contributed by atoms with Crippen molar-refractivity contribution in [1.29, 1.82) is 0 Å². The highest BCUT2D eigenvalue weighted by molar-refractivity contribution is 6.42. The molecule has 4 heteroatoms. The summed E-state index contributed by atoms with van der Waals surface area (Å²) < 4.78 is 0. The van der Waals surface area contributed by atoms with Gasteiger partial charge in [0.15, 0.2) is 0 Å². The molecule has 1 aromatic rings. The van der Waals surface area contributed by atoms with Gasteiger partial charge in [0.25, 0.3) is 0 Å². The standard InChI is InChI=1S/C15H21Cl2NO/c1-11(18-8-3-9-19)15(6-2-7-15)12-4-5-13(16)14(17)10-12/h4-5,10-11,18-19H,2-3,6-9H2,1H3. The minimum absolute atomic E-state index is 0.170. The summed E-state index contributed by atoms with van der Waals surface area (Å²) in [6.07, 6.45) is 4.41. The monoisotopic (exact) mass is 301 g/mol. The molecule has 19 heavy (non-hydrogen) atoms. The molecule has 0 aliphatic heterocycles. The summed E-state index contributed by atoms with van der Waals surface area (Å²) in [7, 11) is 0. The van der Waals surface area contributed by atoms with Gasteiger partial charge in [-0.05, 0) is 50.4 Å². The highest BCUT2D eigenvalue weighted by Gasteiger charge is 2.43. The normalized spacial score (nSPS) is 18.9. The number of benzene rings is 1. The van der Waals surface area contributed by atoms with Crippen LogP contribution in [0.2, 0.25) is 10.0 Å². The second kappa shape index (κ2) is 6.45. The second-order valence-electron chi connectivity index (χ2n) is 5.39. The Balaban J connectivity index is 2.14. The van der Waals surface area contributed by atoms with E-state index in [1.54, 1.807) is 0 Å². The van der Waals surface area contributed by atoms with Crippen LogP contribution in [-0.2, 0) is 5.41 Å². The highest BCUT2D eigenvalue weighted by atomic mass is 35.5. The van der Waals surface area contributed by atoms with Crippen LogP contribution in [0.4, 0.5) is 0 Å². The molecule has 2 N–H and O–H groups in total. The van der Waals surface area contributed by atoms with E-state index in [1.807, 2.05) is 12.1 Å². The Kier molecular flexibility index (Phi) is 5.13. The van der Waals surface area contributed by atoms with Crippen LogP contribution in [0.25, 0.3) is 0 Å². The van der Waals surface area contributed by atoms with Gasteiger partial charge in [-0.25, -0.2) is 0 Å². The molecule has 0 saturated heterocycles. The third kappa shape index (κ3) is 3.08. The Hall–Kier alpha value is -0.280. The molecular weight excluding hydrogens is 281 g/mol. The summed E-state index contributed by atoms with van der Waals surface area (Å²) in [4.78, 5) is 0. The fourth-order valence-electron chi connectivity index (χ4n) is 2.93. The lowest BCUT2D eigenvalue weighted by atomic mass is 9.60. The van der Waals surface area contributed by atoms with Gasteiger partial charge in [0.1, 0.15) is 0 Å². The molecule has 2 nitrogen and oxygen atoms in total. The number of aliphatic hydroxyl groups excluding tert-OH is 1. The van der Waals surface area contributed by atoms with Gasteiger partial charge in [-0.1, -0.05) is 35.7 Å². The fourth-order valence-corrected chi connectivity index (χ4v) is 3.23. The fraction of sp³-hybridized carbons (Fsp3) is 0.600. The van der Waals surface area contributed by atoms with Crippen molar-refractivity contribution >= 4 is 23.2 Å². The van der Waals surface area contributed by atoms with E-state index in [2.05, 4.69) is 18.3 Å². The maximum atomic E-state index is 8.86. The number of hydrogen-bond donors (Lipinski definition) is 2. The van der Waals surface area contributed by atoms with Gasteiger partial charge in [0.2, 0.25) is 0 Å². The molecule has 1 atom stereocenters. The van der Waals surface area contributed by atoms with E-state index in [-0.39, 0.29) is 12.0 Å². The average Bonchev–Trinajstić information content (AvgIpc) is 2.32. The highest BCUT2D eigenvalue weighted by Crippen LogP contribution is 2.47. The average molecular weight is 302 g/mol. The van der Waals surface area contributed by atoms with Crippen molar-refractivity contribution in [2.45, 2.75) is 44.1 Å². The number of nitrogens with one attached hydrogen (secondary N) is 1. The van der Waals surface area contributed by atoms with Crippen LogP contribution in [-0.4, -0.2) is 24.3 Å². The SMILES string of the molecule is CC(NCCCO)C1(c2ccc(Cl)c(Cl)c2)CCC1. The second-order valence-corrected chi connectivity index (χ2v) is 6.21. The molecular formula is C15H21Cl2NO. The first-order valence-electron chi connectivity index (χ1n) is 6.90. The lowest BCUT2D eigenvalue weighted by Crippen LogP contribution is -2.51. The summed E-state index contributed by atoms with van der Waals surface area (Å²) in [6, 6.07) is 6.37. The first-order valence-corrected chi connectivity index (χ1v) is 7.65. The predicted molar refractivity (Wildman–Crippen MR) is 81.2 cm³/mol. The number of halogens is 2. The minimum Gasteiger partial charge on any atom is -0.396 e. The molecule has 0 amide bonds. The maximum Gasteiger partial charge on any atom is 0.0595 e. The van der Waals surface area contributed by atoms with Gasteiger partial charge >= 0.3 is 0 Å². The molecule has 2 rings (SSSR count). The van der Waals surface area contributed by atoms with Crippen molar-refractivity contribution in [2.24, 2.45) is 0 Å². The third-order valence-corrected chi connectivity index (χ3v) is 5.09. The van der Waals surface area contributed by atoms with Gasteiger partial charge in [0.05, 0.1) is 10.0 Å². The number of rotatable bonds is 6. The van der Waals surface area contributed by atoms with Gasteiger partial charge in [-0.15, -0.1) is 0 Å². The smallest absolute Gasteiger partial charge is 0.0595 e. The largest absolute Gasteiger partial charge is 0.396 e. The zero-order valence-electron chi connectivity index (χ0n) is 11.3. The molecule has 1 aliphatic rings. The minimum atomic E-state index is 0.170. The van der Waals surface area contributed by atoms with Crippen molar-refractivity contribution in [3.63, 3.8) is 0 Å². The van der Waals surface area contributed by atoms with Crippen molar-refractivity contribution in [3.05, 3.63) is 33.8 Å². The van der Waals surface area contributed by atoms with E-state index in [1.165, 1.54) is 24.8 Å². The summed E-state index contributed by atoms with van der Waals surface area (Å²) in [5, 5.41) is 13.6. The number of hydrogen-bond acceptors (Lipinski definition) is 2. The van der Waals surface area contributed by atoms with Crippen LogP contribution in [0, 0.1) is 0 Å². The van der Waals surface area contributed by atoms with E-state index in [0.717, 1.165) is 13.0 Å². The quantitative estimate of drug-likeness (QED) is 0.784. The Labute approximate surface area is 125 Å². The molecule has 0 radical (unpaired) electrons. The van der Waals surface area contributed by atoms with Gasteiger partial charge in [-0.3, -0.25) is 0 Å². The summed E-state index contributed by atoms with van der Waals surface area (Å²) in [6.45, 7) is 3.30. The van der Waals surface area contributed by atoms with E-state index in [4.69, 9.17) is 28.3 Å². The molecule has 1 aromatic carbocycles. The molecule has 1 aliphatic carbocycles. The summed E-state index contributed by atoms with van der Waals surface area (Å²) in [5.41, 5.74) is 1.45. The Bertz CT molecular complexity index is 432. The Morgan fingerprint density at radius 2 is 2.05 bits per heavy atom. The van der Waals surface area contributed by atoms with Gasteiger partial charge in [-0.2, -0.15) is 0 Å². The zero-order valence-corrected chi connectivity index (χ0v) is 12.8. The Morgan fingerprint density at radius 3 is 2.58 bits per heavy atom. The maximum absolute atomic E-state index is 8.86. The van der Waals surface area contributed by atoms with Crippen LogP contribution in [0.3, 0.4) is 0 Å². The molecule has 0 bridgehead atoms. The van der Waals surface area contributed by atoms with Gasteiger partial charge < -0.3 is 10.4 Å². The van der Waals surface area contributed by atoms with E-state index in [0.29, 0.717) is 16.1 Å².